The van der Waals surface area contributed by atoms with E-state index in [1.54, 1.807) is 0 Å². The van der Waals surface area contributed by atoms with Gasteiger partial charge in [-0.2, -0.15) is 0 Å². The van der Waals surface area contributed by atoms with Crippen molar-refractivity contribution in [2.45, 2.75) is 51.0 Å². The molecule has 0 aromatic heterocycles. The summed E-state index contributed by atoms with van der Waals surface area (Å²) in [5.74, 6) is 0. The Morgan fingerprint density at radius 1 is 0.582 bits per heavy atom. The van der Waals surface area contributed by atoms with Gasteiger partial charge in [0.25, 0.3) is 0 Å². The van der Waals surface area contributed by atoms with Crippen LogP contribution < -0.4 is 5.32 Å². The molecule has 0 heterocycles. The van der Waals surface area contributed by atoms with E-state index in [1.165, 1.54) is 83.5 Å². The van der Waals surface area contributed by atoms with Gasteiger partial charge in [-0.1, -0.05) is 180 Å². The summed E-state index contributed by atoms with van der Waals surface area (Å²) in [4.78, 5) is 0. The Labute approximate surface area is 326 Å². The summed E-state index contributed by atoms with van der Waals surface area (Å²) in [6, 6.07) is 49.5. The Morgan fingerprint density at radius 2 is 1.15 bits per heavy atom. The van der Waals surface area contributed by atoms with Gasteiger partial charge in [0, 0.05) is 22.6 Å². The third-order valence-electron chi connectivity index (χ3n) is 12.3. The van der Waals surface area contributed by atoms with Crippen LogP contribution in [-0.4, -0.2) is 6.04 Å². The number of rotatable bonds is 8. The van der Waals surface area contributed by atoms with Crippen LogP contribution in [0, 0.1) is 0 Å². The molecule has 0 bridgehead atoms. The summed E-state index contributed by atoms with van der Waals surface area (Å²) < 4.78 is 0. The van der Waals surface area contributed by atoms with Gasteiger partial charge < -0.3 is 5.32 Å². The van der Waals surface area contributed by atoms with E-state index in [0.29, 0.717) is 0 Å². The Balaban J connectivity index is 1.06. The van der Waals surface area contributed by atoms with E-state index in [2.05, 4.69) is 198 Å². The molecule has 6 aromatic carbocycles. The summed E-state index contributed by atoms with van der Waals surface area (Å²) >= 11 is 0. The molecule has 268 valence electrons. The highest BCUT2D eigenvalue weighted by atomic mass is 14.9. The Hall–Kier alpha value is -6.18. The maximum Gasteiger partial charge on any atom is 0.0488 e. The normalized spacial score (nSPS) is 17.1. The molecule has 0 saturated heterocycles. The number of hydrogen-bond acceptors (Lipinski definition) is 1. The highest BCUT2D eigenvalue weighted by Gasteiger charge is 2.37. The average Bonchev–Trinajstić information content (AvgIpc) is 3.59. The first-order valence-corrected chi connectivity index (χ1v) is 19.5. The molecule has 1 N–H and O–H groups in total. The second-order valence-electron chi connectivity index (χ2n) is 16.3. The second-order valence-corrected chi connectivity index (χ2v) is 16.3. The molecule has 1 atom stereocenters. The monoisotopic (exact) mass is 709 g/mol. The van der Waals surface area contributed by atoms with E-state index >= 15 is 0 Å². The lowest BCUT2D eigenvalue weighted by atomic mass is 9.80. The van der Waals surface area contributed by atoms with Crippen molar-refractivity contribution in [3.63, 3.8) is 0 Å². The van der Waals surface area contributed by atoms with E-state index < -0.39 is 0 Å². The summed E-state index contributed by atoms with van der Waals surface area (Å²) in [5, 5.41) is 3.91. The smallest absolute Gasteiger partial charge is 0.0488 e. The lowest BCUT2D eigenvalue weighted by Crippen LogP contribution is -2.21. The van der Waals surface area contributed by atoms with Crippen LogP contribution in [0.1, 0.15) is 61.9 Å². The van der Waals surface area contributed by atoms with Crippen LogP contribution in [0.2, 0.25) is 0 Å². The van der Waals surface area contributed by atoms with Crippen molar-refractivity contribution in [1.82, 2.24) is 0 Å². The molecule has 55 heavy (non-hydrogen) atoms. The van der Waals surface area contributed by atoms with Crippen molar-refractivity contribution >= 4 is 11.3 Å². The molecular formula is C54H47N. The van der Waals surface area contributed by atoms with Gasteiger partial charge in [0.1, 0.15) is 0 Å². The van der Waals surface area contributed by atoms with E-state index in [9.17, 15) is 0 Å². The van der Waals surface area contributed by atoms with Crippen LogP contribution in [-0.2, 0) is 10.8 Å². The quantitative estimate of drug-likeness (QED) is 0.155. The highest BCUT2D eigenvalue weighted by molar-refractivity contribution is 5.90. The molecule has 0 saturated carbocycles. The van der Waals surface area contributed by atoms with Gasteiger partial charge in [0.15, 0.2) is 0 Å². The van der Waals surface area contributed by atoms with E-state index in [-0.39, 0.29) is 16.9 Å². The number of nitrogens with one attached hydrogen (secondary N) is 1. The van der Waals surface area contributed by atoms with Crippen LogP contribution in [0.5, 0.6) is 0 Å². The largest absolute Gasteiger partial charge is 0.378 e. The zero-order chi connectivity index (χ0) is 37.9. The van der Waals surface area contributed by atoms with Gasteiger partial charge in [-0.15, -0.1) is 0 Å². The summed E-state index contributed by atoms with van der Waals surface area (Å²) in [7, 11) is 0. The van der Waals surface area contributed by atoms with Gasteiger partial charge in [-0.3, -0.25) is 0 Å². The predicted octanol–water partition coefficient (Wildman–Crippen LogP) is 14.1. The molecular weight excluding hydrogens is 663 g/mol. The van der Waals surface area contributed by atoms with Crippen molar-refractivity contribution in [1.29, 1.82) is 0 Å². The molecule has 1 nitrogen and oxygen atoms in total. The molecule has 9 rings (SSSR count). The van der Waals surface area contributed by atoms with Crippen molar-refractivity contribution < 1.29 is 0 Å². The van der Waals surface area contributed by atoms with Crippen LogP contribution >= 0.6 is 0 Å². The molecule has 0 aliphatic heterocycles. The third-order valence-corrected chi connectivity index (χ3v) is 12.3. The maximum atomic E-state index is 4.56. The molecule has 0 amide bonds. The fourth-order valence-electron chi connectivity index (χ4n) is 9.37. The van der Waals surface area contributed by atoms with Crippen LogP contribution in [0.25, 0.3) is 50.1 Å². The number of hydrogen-bond donors (Lipinski definition) is 1. The first-order chi connectivity index (χ1) is 26.6. The van der Waals surface area contributed by atoms with E-state index in [0.717, 1.165) is 17.7 Å². The molecule has 0 radical (unpaired) electrons. The Bertz CT molecular complexity index is 2620. The SMILES string of the molecule is C=C/C=C\C(=C)C1=C(c2ccc3c(c2)C(C)(C)c2ccccc2-3)C=CC(Nc2ccc(-c3ccc4c(c3)C(C)(C)c3ccccc3-4)c(-c3ccccc3)c2)C1. The van der Waals surface area contributed by atoms with Crippen molar-refractivity contribution in [2.75, 3.05) is 5.32 Å². The minimum Gasteiger partial charge on any atom is -0.378 e. The summed E-state index contributed by atoms with van der Waals surface area (Å²) in [6.45, 7) is 17.9. The lowest BCUT2D eigenvalue weighted by molar-refractivity contribution is 0.660. The molecule has 3 aliphatic carbocycles. The zero-order valence-electron chi connectivity index (χ0n) is 32.3. The molecule has 1 unspecified atom stereocenters. The number of anilines is 1. The minimum atomic E-state index is -0.0610. The molecule has 1 heteroatoms. The lowest BCUT2D eigenvalue weighted by Gasteiger charge is -2.27. The maximum absolute atomic E-state index is 4.56. The first-order valence-electron chi connectivity index (χ1n) is 19.5. The average molecular weight is 710 g/mol. The predicted molar refractivity (Wildman–Crippen MR) is 235 cm³/mol. The van der Waals surface area contributed by atoms with Gasteiger partial charge in [-0.05, 0) is 120 Å². The van der Waals surface area contributed by atoms with Crippen molar-refractivity contribution in [3.05, 3.63) is 216 Å². The molecule has 6 aromatic rings. The van der Waals surface area contributed by atoms with Crippen molar-refractivity contribution in [2.24, 2.45) is 0 Å². The van der Waals surface area contributed by atoms with E-state index in [4.69, 9.17) is 0 Å². The first kappa shape index (κ1) is 34.6. The van der Waals surface area contributed by atoms with Crippen LogP contribution in [0.4, 0.5) is 5.69 Å². The molecule has 3 aliphatic rings. The summed E-state index contributed by atoms with van der Waals surface area (Å²) in [6.07, 6.45) is 11.3. The zero-order valence-corrected chi connectivity index (χ0v) is 32.3. The Kier molecular flexibility index (Phi) is 8.35. The molecule has 0 fully saturated rings. The van der Waals surface area contributed by atoms with Crippen LogP contribution in [0.3, 0.4) is 0 Å². The fourth-order valence-corrected chi connectivity index (χ4v) is 9.37. The highest BCUT2D eigenvalue weighted by Crippen LogP contribution is 2.51. The Morgan fingerprint density at radius 3 is 1.80 bits per heavy atom. The van der Waals surface area contributed by atoms with Gasteiger partial charge in [0.2, 0.25) is 0 Å². The number of fused-ring (bicyclic) bond motifs is 6. The van der Waals surface area contributed by atoms with E-state index in [1.807, 2.05) is 12.2 Å². The topological polar surface area (TPSA) is 12.0 Å². The van der Waals surface area contributed by atoms with Crippen LogP contribution in [0.15, 0.2) is 188 Å². The number of allylic oxidation sites excluding steroid dienone is 6. The molecule has 0 spiro atoms. The minimum absolute atomic E-state index is 0.0559. The summed E-state index contributed by atoms with van der Waals surface area (Å²) in [5.41, 5.74) is 21.5. The standard InChI is InChI=1S/C54H47N/c1-7-8-16-35(2)47-33-39(25-29-41(47)37-23-27-45-43-19-12-14-21-49(43)53(3,4)51(45)31-37)55-40-26-30-42(48(34-40)36-17-10-9-11-18-36)38-24-28-46-44-20-13-15-22-50(44)54(5,6)52(46)32-38/h7-32,34,39,55H,1-2,33H2,3-6H3/b16-8-. The van der Waals surface area contributed by atoms with Gasteiger partial charge >= 0.3 is 0 Å². The fraction of sp³-hybridized carbons (Fsp3) is 0.148. The number of benzene rings is 6. The van der Waals surface area contributed by atoms with Gasteiger partial charge in [0.05, 0.1) is 0 Å². The van der Waals surface area contributed by atoms with Gasteiger partial charge in [-0.25, -0.2) is 0 Å². The third kappa shape index (κ3) is 5.78. The van der Waals surface area contributed by atoms with Crippen molar-refractivity contribution in [3.8, 4) is 44.5 Å². The second kappa shape index (κ2) is 13.3.